The van der Waals surface area contributed by atoms with E-state index in [0.717, 1.165) is 13.1 Å². The van der Waals surface area contributed by atoms with Crippen LogP contribution in [0.1, 0.15) is 45.4 Å². The summed E-state index contributed by atoms with van der Waals surface area (Å²) in [5.74, 6) is 0.214. The summed E-state index contributed by atoms with van der Waals surface area (Å²) < 4.78 is 0. The lowest BCUT2D eigenvalue weighted by molar-refractivity contribution is -0.132. The van der Waals surface area contributed by atoms with E-state index in [1.807, 2.05) is 11.8 Å². The second kappa shape index (κ2) is 4.36. The van der Waals surface area contributed by atoms with Crippen LogP contribution in [-0.4, -0.2) is 29.1 Å². The molecule has 1 heterocycles. The van der Waals surface area contributed by atoms with E-state index in [4.69, 9.17) is 0 Å². The molecule has 1 saturated carbocycles. The normalized spacial score (nSPS) is 26.9. The molecule has 0 aromatic heterocycles. The third kappa shape index (κ3) is 2.32. The number of carbonyl (C=O) groups excluding carboxylic acids is 1. The van der Waals surface area contributed by atoms with Gasteiger partial charge in [0.1, 0.15) is 0 Å². The Bertz CT molecular complexity index is 236. The highest BCUT2D eigenvalue weighted by Gasteiger charge is 2.38. The van der Waals surface area contributed by atoms with E-state index in [9.17, 15) is 4.79 Å². The maximum Gasteiger partial charge on any atom is 0.235 e. The predicted molar refractivity (Wildman–Crippen MR) is 65.2 cm³/mol. The Kier molecular flexibility index (Phi) is 3.29. The molecule has 15 heavy (non-hydrogen) atoms. The average Bonchev–Trinajstić information content (AvgIpc) is 2.67. The minimum absolute atomic E-state index is 0.136. The number of hydrogen-bond acceptors (Lipinski definition) is 2. The Morgan fingerprint density at radius 3 is 2.20 bits per heavy atom. The Morgan fingerprint density at radius 1 is 1.20 bits per heavy atom. The molecule has 0 N–H and O–H groups in total. The quantitative estimate of drug-likeness (QED) is 0.682. The molecule has 86 valence electrons. The van der Waals surface area contributed by atoms with Crippen LogP contribution >= 0.6 is 12.6 Å². The Labute approximate surface area is 97.8 Å². The molecule has 2 aliphatic rings. The van der Waals surface area contributed by atoms with Gasteiger partial charge in [0.15, 0.2) is 0 Å². The summed E-state index contributed by atoms with van der Waals surface area (Å²) in [5.41, 5.74) is 0.608. The minimum Gasteiger partial charge on any atom is -0.342 e. The largest absolute Gasteiger partial charge is 0.342 e. The summed E-state index contributed by atoms with van der Waals surface area (Å²) in [7, 11) is 0. The molecule has 0 aromatic carbocycles. The van der Waals surface area contributed by atoms with Crippen molar-refractivity contribution < 1.29 is 4.79 Å². The maximum absolute atomic E-state index is 11.8. The van der Waals surface area contributed by atoms with Crippen LogP contribution in [0.3, 0.4) is 0 Å². The zero-order valence-electron chi connectivity index (χ0n) is 9.54. The monoisotopic (exact) mass is 227 g/mol. The third-order valence-electron chi connectivity index (χ3n) is 4.16. The highest BCUT2D eigenvalue weighted by molar-refractivity contribution is 7.81. The lowest BCUT2D eigenvalue weighted by Gasteiger charge is -2.39. The van der Waals surface area contributed by atoms with E-state index in [2.05, 4.69) is 12.6 Å². The van der Waals surface area contributed by atoms with Crippen molar-refractivity contribution in [1.82, 2.24) is 4.90 Å². The van der Waals surface area contributed by atoms with Crippen LogP contribution < -0.4 is 0 Å². The van der Waals surface area contributed by atoms with Crippen LogP contribution in [0, 0.1) is 5.41 Å². The summed E-state index contributed by atoms with van der Waals surface area (Å²) in [6.45, 7) is 3.79. The van der Waals surface area contributed by atoms with Gasteiger partial charge in [0.2, 0.25) is 5.91 Å². The van der Waals surface area contributed by atoms with Crippen LogP contribution in [-0.2, 0) is 4.79 Å². The molecule has 1 amide bonds. The zero-order chi connectivity index (χ0) is 10.9. The second-order valence-electron chi connectivity index (χ2n) is 5.21. The SMILES string of the molecule is CC(S)C(=O)N1CCC2(CCCC2)CC1. The Hall–Kier alpha value is -0.180. The molecule has 0 aromatic rings. The fraction of sp³-hybridized carbons (Fsp3) is 0.917. The number of thiol groups is 1. The van der Waals surface area contributed by atoms with Gasteiger partial charge in [-0.25, -0.2) is 0 Å². The number of piperidine rings is 1. The topological polar surface area (TPSA) is 20.3 Å². The molecule has 2 fully saturated rings. The lowest BCUT2D eigenvalue weighted by atomic mass is 9.77. The van der Waals surface area contributed by atoms with Gasteiger partial charge >= 0.3 is 0 Å². The van der Waals surface area contributed by atoms with Gasteiger partial charge in [-0.1, -0.05) is 12.8 Å². The summed E-state index contributed by atoms with van der Waals surface area (Å²) in [6, 6.07) is 0. The first kappa shape index (κ1) is 11.3. The number of amides is 1. The lowest BCUT2D eigenvalue weighted by Crippen LogP contribution is -2.44. The first-order valence-corrected chi connectivity index (χ1v) is 6.62. The fourth-order valence-corrected chi connectivity index (χ4v) is 3.25. The molecule has 1 atom stereocenters. The summed E-state index contributed by atoms with van der Waals surface area (Å²) in [6.07, 6.45) is 8.03. The zero-order valence-corrected chi connectivity index (χ0v) is 10.4. The Balaban J connectivity index is 1.89. The standard InChI is InChI=1S/C12H21NOS/c1-10(15)11(14)13-8-6-12(7-9-13)4-2-3-5-12/h10,15H,2-9H2,1H3. The molecule has 1 spiro atoms. The molecular formula is C12H21NOS. The maximum atomic E-state index is 11.8. The van der Waals surface area contributed by atoms with E-state index in [0.29, 0.717) is 5.41 Å². The van der Waals surface area contributed by atoms with Crippen molar-refractivity contribution in [3.05, 3.63) is 0 Å². The Morgan fingerprint density at radius 2 is 1.73 bits per heavy atom. The van der Waals surface area contributed by atoms with Crippen LogP contribution in [0.15, 0.2) is 0 Å². The van der Waals surface area contributed by atoms with Crippen LogP contribution in [0.25, 0.3) is 0 Å². The molecule has 2 rings (SSSR count). The van der Waals surface area contributed by atoms with Crippen molar-refractivity contribution >= 4 is 18.5 Å². The summed E-state index contributed by atoms with van der Waals surface area (Å²) >= 11 is 4.21. The van der Waals surface area contributed by atoms with Crippen molar-refractivity contribution in [1.29, 1.82) is 0 Å². The first-order chi connectivity index (χ1) is 7.13. The van der Waals surface area contributed by atoms with E-state index < -0.39 is 0 Å². The highest BCUT2D eigenvalue weighted by atomic mass is 32.1. The van der Waals surface area contributed by atoms with E-state index >= 15 is 0 Å². The number of carbonyl (C=O) groups is 1. The second-order valence-corrected chi connectivity index (χ2v) is 5.98. The van der Waals surface area contributed by atoms with E-state index in [1.165, 1.54) is 38.5 Å². The predicted octanol–water partition coefficient (Wildman–Crippen LogP) is 2.49. The number of nitrogens with zero attached hydrogens (tertiary/aromatic N) is 1. The van der Waals surface area contributed by atoms with Gasteiger partial charge in [0.05, 0.1) is 5.25 Å². The number of hydrogen-bond donors (Lipinski definition) is 1. The number of rotatable bonds is 1. The molecular weight excluding hydrogens is 206 g/mol. The van der Waals surface area contributed by atoms with Gasteiger partial charge in [-0.05, 0) is 38.0 Å². The molecule has 1 unspecified atom stereocenters. The molecule has 2 nitrogen and oxygen atoms in total. The summed E-state index contributed by atoms with van der Waals surface area (Å²) in [4.78, 5) is 13.8. The fourth-order valence-electron chi connectivity index (χ4n) is 3.09. The van der Waals surface area contributed by atoms with Crippen molar-refractivity contribution in [2.75, 3.05) is 13.1 Å². The van der Waals surface area contributed by atoms with Crippen molar-refractivity contribution in [3.63, 3.8) is 0 Å². The molecule has 1 aliphatic heterocycles. The van der Waals surface area contributed by atoms with Crippen molar-refractivity contribution in [2.45, 2.75) is 50.7 Å². The smallest absolute Gasteiger partial charge is 0.235 e. The van der Waals surface area contributed by atoms with Crippen LogP contribution in [0.5, 0.6) is 0 Å². The summed E-state index contributed by atoms with van der Waals surface area (Å²) in [5, 5.41) is -0.136. The third-order valence-corrected chi connectivity index (χ3v) is 4.38. The van der Waals surface area contributed by atoms with E-state index in [1.54, 1.807) is 0 Å². The minimum atomic E-state index is -0.136. The van der Waals surface area contributed by atoms with Gasteiger partial charge in [-0.2, -0.15) is 12.6 Å². The van der Waals surface area contributed by atoms with Crippen LogP contribution in [0.4, 0.5) is 0 Å². The molecule has 0 bridgehead atoms. The van der Waals surface area contributed by atoms with Gasteiger partial charge in [0.25, 0.3) is 0 Å². The van der Waals surface area contributed by atoms with Crippen LogP contribution in [0.2, 0.25) is 0 Å². The molecule has 1 saturated heterocycles. The molecule has 1 aliphatic carbocycles. The van der Waals surface area contributed by atoms with Gasteiger partial charge in [-0.3, -0.25) is 4.79 Å². The first-order valence-electron chi connectivity index (χ1n) is 6.10. The van der Waals surface area contributed by atoms with Crippen molar-refractivity contribution in [3.8, 4) is 0 Å². The number of likely N-dealkylation sites (tertiary alicyclic amines) is 1. The van der Waals surface area contributed by atoms with Crippen molar-refractivity contribution in [2.24, 2.45) is 5.41 Å². The van der Waals surface area contributed by atoms with E-state index in [-0.39, 0.29) is 11.2 Å². The van der Waals surface area contributed by atoms with Gasteiger partial charge in [-0.15, -0.1) is 0 Å². The van der Waals surface area contributed by atoms with Gasteiger partial charge in [0, 0.05) is 13.1 Å². The molecule has 0 radical (unpaired) electrons. The average molecular weight is 227 g/mol. The van der Waals surface area contributed by atoms with Gasteiger partial charge < -0.3 is 4.90 Å². The highest BCUT2D eigenvalue weighted by Crippen LogP contribution is 2.46. The molecule has 3 heteroatoms.